The van der Waals surface area contributed by atoms with Gasteiger partial charge in [0.05, 0.1) is 14.2 Å². The van der Waals surface area contributed by atoms with Gasteiger partial charge in [0.25, 0.3) is 0 Å². The molecule has 4 heteroatoms. The Bertz CT molecular complexity index is 287. The quantitative estimate of drug-likeness (QED) is 0.729. The van der Waals surface area contributed by atoms with Crippen LogP contribution < -0.4 is 9.47 Å². The second kappa shape index (κ2) is 4.58. The van der Waals surface area contributed by atoms with Gasteiger partial charge < -0.3 is 9.47 Å². The molecule has 1 aromatic rings. The minimum Gasteiger partial charge on any atom is -0.493 e. The highest BCUT2D eigenvalue weighted by Crippen LogP contribution is 2.38. The lowest BCUT2D eigenvalue weighted by atomic mass is 10.2. The van der Waals surface area contributed by atoms with Crippen molar-refractivity contribution in [3.05, 3.63) is 23.8 Å². The molecule has 13 heavy (non-hydrogen) atoms. The van der Waals surface area contributed by atoms with Crippen LogP contribution in [0.3, 0.4) is 0 Å². The molecular weight excluding hydrogens is 211 g/mol. The Morgan fingerprint density at radius 2 is 1.85 bits per heavy atom. The van der Waals surface area contributed by atoms with Crippen molar-refractivity contribution >= 4 is 23.2 Å². The van der Waals surface area contributed by atoms with Crippen molar-refractivity contribution in [1.29, 1.82) is 0 Å². The Balaban J connectivity index is 3.19. The van der Waals surface area contributed by atoms with E-state index in [-0.39, 0.29) is 0 Å². The third-order valence-electron chi connectivity index (χ3n) is 1.67. The second-order valence-electron chi connectivity index (χ2n) is 2.38. The van der Waals surface area contributed by atoms with E-state index in [1.165, 1.54) is 0 Å². The van der Waals surface area contributed by atoms with E-state index in [0.717, 1.165) is 0 Å². The number of benzene rings is 1. The number of hydrogen-bond donors (Lipinski definition) is 0. The van der Waals surface area contributed by atoms with Crippen LogP contribution in [-0.2, 0) is 0 Å². The fourth-order valence-corrected chi connectivity index (χ4v) is 1.43. The number of halogens is 2. The average molecular weight is 221 g/mol. The van der Waals surface area contributed by atoms with Gasteiger partial charge in [-0.2, -0.15) is 0 Å². The Kier molecular flexibility index (Phi) is 3.70. The highest BCUT2D eigenvalue weighted by atomic mass is 35.5. The van der Waals surface area contributed by atoms with Crippen LogP contribution in [-0.4, -0.2) is 14.2 Å². The van der Waals surface area contributed by atoms with Gasteiger partial charge in [-0.15, -0.1) is 0 Å². The van der Waals surface area contributed by atoms with Crippen LogP contribution in [0.5, 0.6) is 11.5 Å². The molecule has 0 aromatic heterocycles. The summed E-state index contributed by atoms with van der Waals surface area (Å²) in [4.78, 5) is -0.606. The average Bonchev–Trinajstić information content (AvgIpc) is 2.16. The van der Waals surface area contributed by atoms with Crippen molar-refractivity contribution in [3.63, 3.8) is 0 Å². The van der Waals surface area contributed by atoms with Crippen LogP contribution in [0.2, 0.25) is 0 Å². The number of alkyl halides is 2. The van der Waals surface area contributed by atoms with E-state index in [0.29, 0.717) is 17.1 Å². The van der Waals surface area contributed by atoms with Crippen molar-refractivity contribution in [2.24, 2.45) is 0 Å². The molecule has 0 amide bonds. The molecule has 0 unspecified atom stereocenters. The predicted octanol–water partition coefficient (Wildman–Crippen LogP) is 3.18. The summed E-state index contributed by atoms with van der Waals surface area (Å²) < 4.78 is 10.2. The molecule has 0 N–H and O–H groups in total. The lowest BCUT2D eigenvalue weighted by molar-refractivity contribution is 0.352. The van der Waals surface area contributed by atoms with Crippen LogP contribution in [0.15, 0.2) is 18.2 Å². The van der Waals surface area contributed by atoms with E-state index in [1.54, 1.807) is 26.4 Å². The van der Waals surface area contributed by atoms with Crippen molar-refractivity contribution in [3.8, 4) is 11.5 Å². The number of hydrogen-bond acceptors (Lipinski definition) is 2. The van der Waals surface area contributed by atoms with Crippen molar-refractivity contribution in [2.75, 3.05) is 14.2 Å². The molecule has 0 bridgehead atoms. The van der Waals surface area contributed by atoms with Gasteiger partial charge >= 0.3 is 0 Å². The van der Waals surface area contributed by atoms with Crippen LogP contribution in [0.1, 0.15) is 10.4 Å². The normalized spacial score (nSPS) is 10.2. The minimum atomic E-state index is -0.606. The maximum absolute atomic E-state index is 5.75. The summed E-state index contributed by atoms with van der Waals surface area (Å²) in [7, 11) is 3.12. The maximum Gasteiger partial charge on any atom is 0.166 e. The zero-order chi connectivity index (χ0) is 9.84. The van der Waals surface area contributed by atoms with E-state index < -0.39 is 4.84 Å². The van der Waals surface area contributed by atoms with Gasteiger partial charge in [0, 0.05) is 5.56 Å². The van der Waals surface area contributed by atoms with Gasteiger partial charge in [-0.05, 0) is 6.07 Å². The maximum atomic E-state index is 5.75. The first kappa shape index (κ1) is 10.5. The Morgan fingerprint density at radius 3 is 2.31 bits per heavy atom. The molecule has 1 aromatic carbocycles. The first-order chi connectivity index (χ1) is 6.20. The minimum absolute atomic E-state index is 0.583. The summed E-state index contributed by atoms with van der Waals surface area (Å²) >= 11 is 11.5. The molecule has 0 aliphatic heterocycles. The van der Waals surface area contributed by atoms with Gasteiger partial charge in [0.1, 0.15) is 4.84 Å². The molecule has 0 saturated carbocycles. The number of rotatable bonds is 3. The second-order valence-corrected chi connectivity index (χ2v) is 3.48. The lowest BCUT2D eigenvalue weighted by Gasteiger charge is -2.12. The first-order valence-corrected chi connectivity index (χ1v) is 4.57. The van der Waals surface area contributed by atoms with Gasteiger partial charge in [-0.3, -0.25) is 0 Å². The zero-order valence-electron chi connectivity index (χ0n) is 7.38. The smallest absolute Gasteiger partial charge is 0.166 e. The predicted molar refractivity (Wildman–Crippen MR) is 54.0 cm³/mol. The highest BCUT2D eigenvalue weighted by molar-refractivity contribution is 6.44. The number of para-hydroxylation sites is 1. The van der Waals surface area contributed by atoms with Crippen LogP contribution in [0, 0.1) is 0 Å². The largest absolute Gasteiger partial charge is 0.493 e. The fraction of sp³-hybridized carbons (Fsp3) is 0.333. The van der Waals surface area contributed by atoms with Crippen LogP contribution >= 0.6 is 23.2 Å². The molecule has 72 valence electrons. The topological polar surface area (TPSA) is 18.5 Å². The van der Waals surface area contributed by atoms with E-state index in [4.69, 9.17) is 32.7 Å². The summed E-state index contributed by atoms with van der Waals surface area (Å²) in [6, 6.07) is 5.40. The Hall–Kier alpha value is -0.600. The highest BCUT2D eigenvalue weighted by Gasteiger charge is 2.14. The fourth-order valence-electron chi connectivity index (χ4n) is 1.08. The van der Waals surface area contributed by atoms with Crippen LogP contribution in [0.4, 0.5) is 0 Å². The van der Waals surface area contributed by atoms with E-state index in [2.05, 4.69) is 0 Å². The zero-order valence-corrected chi connectivity index (χ0v) is 8.89. The van der Waals surface area contributed by atoms with Crippen LogP contribution in [0.25, 0.3) is 0 Å². The Morgan fingerprint density at radius 1 is 1.15 bits per heavy atom. The van der Waals surface area contributed by atoms with Crippen molar-refractivity contribution < 1.29 is 9.47 Å². The lowest BCUT2D eigenvalue weighted by Crippen LogP contribution is -1.95. The monoisotopic (exact) mass is 220 g/mol. The number of methoxy groups -OCH3 is 2. The van der Waals surface area contributed by atoms with E-state index >= 15 is 0 Å². The van der Waals surface area contributed by atoms with Gasteiger partial charge in [0.15, 0.2) is 11.5 Å². The van der Waals surface area contributed by atoms with E-state index in [1.807, 2.05) is 6.07 Å². The van der Waals surface area contributed by atoms with Gasteiger partial charge in [-0.25, -0.2) is 0 Å². The standard InChI is InChI=1S/C9H10Cl2O2/c1-12-7-5-3-4-6(9(10)11)8(7)13-2/h3-5,9H,1-2H3. The number of ether oxygens (including phenoxy) is 2. The molecule has 0 atom stereocenters. The van der Waals surface area contributed by atoms with Gasteiger partial charge in [-0.1, -0.05) is 35.3 Å². The molecule has 0 radical (unpaired) electrons. The third-order valence-corrected chi connectivity index (χ3v) is 2.14. The molecule has 0 saturated heterocycles. The molecule has 0 fully saturated rings. The molecule has 2 nitrogen and oxygen atoms in total. The van der Waals surface area contributed by atoms with E-state index in [9.17, 15) is 0 Å². The third kappa shape index (κ3) is 2.20. The molecule has 1 rings (SSSR count). The summed E-state index contributed by atoms with van der Waals surface area (Å²) in [6.07, 6.45) is 0. The SMILES string of the molecule is COc1cccc(C(Cl)Cl)c1OC. The van der Waals surface area contributed by atoms with Crippen molar-refractivity contribution in [1.82, 2.24) is 0 Å². The molecule has 0 heterocycles. The molecule has 0 aliphatic carbocycles. The molecular formula is C9H10Cl2O2. The summed E-state index contributed by atoms with van der Waals surface area (Å²) in [5.41, 5.74) is 0.713. The summed E-state index contributed by atoms with van der Waals surface area (Å²) in [5.74, 6) is 1.21. The van der Waals surface area contributed by atoms with Gasteiger partial charge in [0.2, 0.25) is 0 Å². The summed E-state index contributed by atoms with van der Waals surface area (Å²) in [5, 5.41) is 0. The Labute approximate surface area is 87.4 Å². The van der Waals surface area contributed by atoms with Crippen molar-refractivity contribution in [2.45, 2.75) is 4.84 Å². The molecule has 0 aliphatic rings. The first-order valence-electron chi connectivity index (χ1n) is 3.69. The molecule has 0 spiro atoms. The summed E-state index contributed by atoms with van der Waals surface area (Å²) in [6.45, 7) is 0.